The summed E-state index contributed by atoms with van der Waals surface area (Å²) in [6.07, 6.45) is 3.80. The summed E-state index contributed by atoms with van der Waals surface area (Å²) in [6, 6.07) is 10.1. The number of ether oxygens (including phenoxy) is 2. The van der Waals surface area contributed by atoms with E-state index in [1.54, 1.807) is 0 Å². The molecule has 0 unspecified atom stereocenters. The van der Waals surface area contributed by atoms with Crippen LogP contribution in [0.3, 0.4) is 0 Å². The van der Waals surface area contributed by atoms with Crippen molar-refractivity contribution < 1.29 is 9.47 Å². The standard InChI is InChI=1S/C12H13ClO2/c13-8-4-7-11-12(15-11)14-9-10-5-2-1-3-6-10/h1-7,11-12H,8-9H2/b7-4+/t11-,12+/m0/s1. The van der Waals surface area contributed by atoms with Gasteiger partial charge in [0, 0.05) is 5.88 Å². The van der Waals surface area contributed by atoms with Gasteiger partial charge in [-0.05, 0) is 5.56 Å². The van der Waals surface area contributed by atoms with Crippen molar-refractivity contribution in [2.45, 2.75) is 19.0 Å². The molecule has 0 amide bonds. The Hall–Kier alpha value is -0.830. The fraction of sp³-hybridized carbons (Fsp3) is 0.333. The number of halogens is 1. The van der Waals surface area contributed by atoms with E-state index in [0.29, 0.717) is 12.5 Å². The van der Waals surface area contributed by atoms with Crippen LogP contribution in [-0.2, 0) is 16.1 Å². The van der Waals surface area contributed by atoms with Crippen LogP contribution in [0.5, 0.6) is 0 Å². The fourth-order valence-corrected chi connectivity index (χ4v) is 1.42. The molecule has 0 spiro atoms. The molecule has 1 heterocycles. The van der Waals surface area contributed by atoms with Crippen molar-refractivity contribution in [2.75, 3.05) is 5.88 Å². The molecule has 2 nitrogen and oxygen atoms in total. The first-order chi connectivity index (χ1) is 7.40. The van der Waals surface area contributed by atoms with Crippen LogP contribution in [0.1, 0.15) is 5.56 Å². The monoisotopic (exact) mass is 224 g/mol. The molecule has 1 aromatic rings. The summed E-state index contributed by atoms with van der Waals surface area (Å²) in [4.78, 5) is 0. The largest absolute Gasteiger partial charge is 0.345 e. The summed E-state index contributed by atoms with van der Waals surface area (Å²) in [6.45, 7) is 0.594. The van der Waals surface area contributed by atoms with E-state index in [0.717, 1.165) is 5.56 Å². The number of epoxide rings is 1. The summed E-state index contributed by atoms with van der Waals surface area (Å²) in [5, 5.41) is 0. The lowest BCUT2D eigenvalue weighted by molar-refractivity contribution is 0.0385. The molecule has 1 saturated heterocycles. The van der Waals surface area contributed by atoms with Crippen LogP contribution >= 0.6 is 11.6 Å². The second kappa shape index (κ2) is 5.31. The van der Waals surface area contributed by atoms with Gasteiger partial charge in [-0.25, -0.2) is 0 Å². The molecule has 0 bridgehead atoms. The van der Waals surface area contributed by atoms with Crippen LogP contribution in [0.4, 0.5) is 0 Å². The maximum atomic E-state index is 5.53. The minimum atomic E-state index is -0.0929. The average molecular weight is 225 g/mol. The molecule has 3 heteroatoms. The van der Waals surface area contributed by atoms with E-state index in [4.69, 9.17) is 21.1 Å². The highest BCUT2D eigenvalue weighted by atomic mass is 35.5. The number of hydrogen-bond donors (Lipinski definition) is 0. The number of hydrogen-bond acceptors (Lipinski definition) is 2. The number of benzene rings is 1. The molecule has 15 heavy (non-hydrogen) atoms. The van der Waals surface area contributed by atoms with E-state index in [9.17, 15) is 0 Å². The molecule has 1 aliphatic heterocycles. The smallest absolute Gasteiger partial charge is 0.188 e. The summed E-state index contributed by atoms with van der Waals surface area (Å²) in [5.41, 5.74) is 1.16. The summed E-state index contributed by atoms with van der Waals surface area (Å²) in [5.74, 6) is 0.519. The van der Waals surface area contributed by atoms with Crippen LogP contribution in [0.15, 0.2) is 42.5 Å². The van der Waals surface area contributed by atoms with Gasteiger partial charge in [0.2, 0.25) is 0 Å². The van der Waals surface area contributed by atoms with Gasteiger partial charge in [0.05, 0.1) is 6.61 Å². The molecule has 2 atom stereocenters. The van der Waals surface area contributed by atoms with Crippen LogP contribution in [0.25, 0.3) is 0 Å². The summed E-state index contributed by atoms with van der Waals surface area (Å²) >= 11 is 5.51. The zero-order valence-electron chi connectivity index (χ0n) is 8.30. The van der Waals surface area contributed by atoms with Crippen molar-refractivity contribution in [1.29, 1.82) is 0 Å². The Kier molecular flexibility index (Phi) is 3.78. The Balaban J connectivity index is 1.71. The van der Waals surface area contributed by atoms with Crippen LogP contribution in [-0.4, -0.2) is 18.3 Å². The zero-order valence-corrected chi connectivity index (χ0v) is 9.06. The lowest BCUT2D eigenvalue weighted by Crippen LogP contribution is -1.98. The lowest BCUT2D eigenvalue weighted by atomic mass is 10.2. The van der Waals surface area contributed by atoms with Crippen molar-refractivity contribution in [3.8, 4) is 0 Å². The third-order valence-corrected chi connectivity index (χ3v) is 2.33. The molecular formula is C12H13ClO2. The molecule has 0 saturated carbocycles. The minimum absolute atomic E-state index is 0.0902. The number of rotatable bonds is 5. The highest BCUT2D eigenvalue weighted by molar-refractivity contribution is 6.18. The maximum Gasteiger partial charge on any atom is 0.188 e. The lowest BCUT2D eigenvalue weighted by Gasteiger charge is -1.99. The van der Waals surface area contributed by atoms with Crippen LogP contribution < -0.4 is 0 Å². The Bertz CT molecular complexity index is 324. The SMILES string of the molecule is ClC/C=C/[C@@H]1O[C@H]1OCc1ccccc1. The van der Waals surface area contributed by atoms with Gasteiger partial charge in [-0.15, -0.1) is 11.6 Å². The van der Waals surface area contributed by atoms with Gasteiger partial charge >= 0.3 is 0 Å². The number of alkyl halides is 1. The molecule has 0 aromatic heterocycles. The van der Waals surface area contributed by atoms with Gasteiger partial charge in [-0.2, -0.15) is 0 Å². The van der Waals surface area contributed by atoms with Gasteiger partial charge in [0.25, 0.3) is 0 Å². The Morgan fingerprint density at radius 2 is 2.13 bits per heavy atom. The van der Waals surface area contributed by atoms with E-state index in [-0.39, 0.29) is 12.4 Å². The highest BCUT2D eigenvalue weighted by Crippen LogP contribution is 2.25. The van der Waals surface area contributed by atoms with Crippen molar-refractivity contribution in [3.05, 3.63) is 48.0 Å². The minimum Gasteiger partial charge on any atom is -0.345 e. The predicted octanol–water partition coefficient (Wildman–Crippen LogP) is 2.72. The molecule has 0 N–H and O–H groups in total. The Morgan fingerprint density at radius 1 is 1.33 bits per heavy atom. The van der Waals surface area contributed by atoms with Crippen LogP contribution in [0.2, 0.25) is 0 Å². The maximum absolute atomic E-state index is 5.53. The zero-order chi connectivity index (χ0) is 10.5. The molecule has 80 valence electrons. The van der Waals surface area contributed by atoms with E-state index in [1.807, 2.05) is 42.5 Å². The highest BCUT2D eigenvalue weighted by Gasteiger charge is 2.37. The number of allylic oxidation sites excluding steroid dienone is 1. The molecular weight excluding hydrogens is 212 g/mol. The quantitative estimate of drug-likeness (QED) is 0.436. The normalized spacial score (nSPS) is 24.6. The summed E-state index contributed by atoms with van der Waals surface area (Å²) < 4.78 is 10.8. The van der Waals surface area contributed by atoms with Crippen molar-refractivity contribution >= 4 is 11.6 Å². The third kappa shape index (κ3) is 3.34. The van der Waals surface area contributed by atoms with E-state index in [1.165, 1.54) is 0 Å². The Morgan fingerprint density at radius 3 is 2.87 bits per heavy atom. The van der Waals surface area contributed by atoms with Gasteiger partial charge in [0.15, 0.2) is 6.29 Å². The second-order valence-corrected chi connectivity index (χ2v) is 3.66. The van der Waals surface area contributed by atoms with E-state index < -0.39 is 0 Å². The predicted molar refractivity (Wildman–Crippen MR) is 59.8 cm³/mol. The van der Waals surface area contributed by atoms with E-state index in [2.05, 4.69) is 0 Å². The fourth-order valence-electron chi connectivity index (χ4n) is 1.32. The van der Waals surface area contributed by atoms with E-state index >= 15 is 0 Å². The topological polar surface area (TPSA) is 21.8 Å². The molecule has 0 radical (unpaired) electrons. The molecule has 1 aromatic carbocycles. The van der Waals surface area contributed by atoms with Gasteiger partial charge in [0.1, 0.15) is 6.10 Å². The van der Waals surface area contributed by atoms with Crippen molar-refractivity contribution in [2.24, 2.45) is 0 Å². The molecule has 1 aliphatic rings. The average Bonchev–Trinajstić information content (AvgIpc) is 3.04. The van der Waals surface area contributed by atoms with Gasteiger partial charge in [-0.1, -0.05) is 42.5 Å². The molecule has 0 aliphatic carbocycles. The summed E-state index contributed by atoms with van der Waals surface area (Å²) in [7, 11) is 0. The second-order valence-electron chi connectivity index (χ2n) is 3.35. The van der Waals surface area contributed by atoms with Gasteiger partial charge < -0.3 is 9.47 Å². The van der Waals surface area contributed by atoms with Gasteiger partial charge in [-0.3, -0.25) is 0 Å². The van der Waals surface area contributed by atoms with Crippen LogP contribution in [0, 0.1) is 0 Å². The van der Waals surface area contributed by atoms with Crippen molar-refractivity contribution in [3.63, 3.8) is 0 Å². The first-order valence-corrected chi connectivity index (χ1v) is 5.47. The molecule has 2 rings (SSSR count). The molecule has 1 fully saturated rings. The first kappa shape index (κ1) is 10.7. The Labute approximate surface area is 94.5 Å². The first-order valence-electron chi connectivity index (χ1n) is 4.94. The third-order valence-electron chi connectivity index (χ3n) is 2.15. The van der Waals surface area contributed by atoms with Crippen molar-refractivity contribution in [1.82, 2.24) is 0 Å².